The van der Waals surface area contributed by atoms with Gasteiger partial charge in [0.25, 0.3) is 5.91 Å². The van der Waals surface area contributed by atoms with E-state index in [0.29, 0.717) is 10.9 Å². The summed E-state index contributed by atoms with van der Waals surface area (Å²) >= 11 is 0. The van der Waals surface area contributed by atoms with Crippen LogP contribution in [-0.4, -0.2) is 23.5 Å². The molecule has 0 saturated heterocycles. The number of aromatic amines is 1. The van der Waals surface area contributed by atoms with Crippen LogP contribution in [0.3, 0.4) is 0 Å². The highest BCUT2D eigenvalue weighted by molar-refractivity contribution is 6.03. The first kappa shape index (κ1) is 17.4. The molecule has 0 unspecified atom stereocenters. The number of ether oxygens (including phenoxy) is 1. The molecule has 2 N–H and O–H groups in total. The third-order valence-electron chi connectivity index (χ3n) is 3.98. The second kappa shape index (κ2) is 7.65. The molecule has 6 heteroatoms. The SMILES string of the molecule is C[C@@H](NC(=O)COC(=O)c1cc(=O)[nH]c2ccccc12)c1ccccc1. The van der Waals surface area contributed by atoms with Gasteiger partial charge in [-0.1, -0.05) is 48.5 Å². The summed E-state index contributed by atoms with van der Waals surface area (Å²) in [5.74, 6) is -1.13. The first-order valence-corrected chi connectivity index (χ1v) is 8.18. The number of benzene rings is 2. The summed E-state index contributed by atoms with van der Waals surface area (Å²) in [4.78, 5) is 38.7. The van der Waals surface area contributed by atoms with Crippen LogP contribution >= 0.6 is 0 Å². The maximum Gasteiger partial charge on any atom is 0.339 e. The monoisotopic (exact) mass is 350 g/mol. The van der Waals surface area contributed by atoms with E-state index < -0.39 is 24.0 Å². The van der Waals surface area contributed by atoms with Gasteiger partial charge in [-0.15, -0.1) is 0 Å². The van der Waals surface area contributed by atoms with E-state index in [0.717, 1.165) is 5.56 Å². The highest BCUT2D eigenvalue weighted by atomic mass is 16.5. The molecule has 0 radical (unpaired) electrons. The minimum Gasteiger partial charge on any atom is -0.452 e. The van der Waals surface area contributed by atoms with Gasteiger partial charge >= 0.3 is 5.97 Å². The van der Waals surface area contributed by atoms with Crippen molar-refractivity contribution in [2.45, 2.75) is 13.0 Å². The van der Waals surface area contributed by atoms with Crippen molar-refractivity contribution in [1.29, 1.82) is 0 Å². The van der Waals surface area contributed by atoms with Gasteiger partial charge in [0.15, 0.2) is 6.61 Å². The Kier molecular flexibility index (Phi) is 5.12. The van der Waals surface area contributed by atoms with Crippen LogP contribution in [0.2, 0.25) is 0 Å². The number of carbonyl (C=O) groups is 2. The normalized spacial score (nSPS) is 11.7. The number of nitrogens with one attached hydrogen (secondary N) is 2. The van der Waals surface area contributed by atoms with Crippen LogP contribution in [0.4, 0.5) is 0 Å². The molecule has 0 fully saturated rings. The molecule has 0 aliphatic heterocycles. The van der Waals surface area contributed by atoms with E-state index in [1.165, 1.54) is 6.07 Å². The summed E-state index contributed by atoms with van der Waals surface area (Å²) in [5.41, 5.74) is 1.22. The van der Waals surface area contributed by atoms with Gasteiger partial charge in [0, 0.05) is 17.0 Å². The van der Waals surface area contributed by atoms with Crippen molar-refractivity contribution in [2.75, 3.05) is 6.61 Å². The summed E-state index contributed by atoms with van der Waals surface area (Å²) in [6.07, 6.45) is 0. The van der Waals surface area contributed by atoms with Crippen LogP contribution in [0.25, 0.3) is 10.9 Å². The number of hydrogen-bond acceptors (Lipinski definition) is 4. The lowest BCUT2D eigenvalue weighted by atomic mass is 10.1. The molecule has 2 aromatic carbocycles. The van der Waals surface area contributed by atoms with Crippen LogP contribution in [0, 0.1) is 0 Å². The number of esters is 1. The number of para-hydroxylation sites is 1. The zero-order chi connectivity index (χ0) is 18.5. The van der Waals surface area contributed by atoms with E-state index >= 15 is 0 Å². The van der Waals surface area contributed by atoms with E-state index in [4.69, 9.17) is 4.74 Å². The Morgan fingerprint density at radius 2 is 1.77 bits per heavy atom. The maximum absolute atomic E-state index is 12.3. The fourth-order valence-corrected chi connectivity index (χ4v) is 2.69. The second-order valence-electron chi connectivity index (χ2n) is 5.87. The van der Waals surface area contributed by atoms with Gasteiger partial charge in [0.1, 0.15) is 0 Å². The number of H-pyrrole nitrogens is 1. The van der Waals surface area contributed by atoms with Gasteiger partial charge in [0.2, 0.25) is 5.56 Å². The lowest BCUT2D eigenvalue weighted by Crippen LogP contribution is -2.31. The Balaban J connectivity index is 1.66. The maximum atomic E-state index is 12.3. The molecule has 0 spiro atoms. The third-order valence-corrected chi connectivity index (χ3v) is 3.98. The lowest BCUT2D eigenvalue weighted by molar-refractivity contribution is -0.124. The molecule has 26 heavy (non-hydrogen) atoms. The van der Waals surface area contributed by atoms with Crippen LogP contribution in [0.1, 0.15) is 28.9 Å². The summed E-state index contributed by atoms with van der Waals surface area (Å²) in [6, 6.07) is 17.4. The number of fused-ring (bicyclic) bond motifs is 1. The van der Waals surface area contributed by atoms with Crippen molar-refractivity contribution in [1.82, 2.24) is 10.3 Å². The first-order valence-electron chi connectivity index (χ1n) is 8.18. The molecule has 132 valence electrons. The number of pyridine rings is 1. The molecule has 6 nitrogen and oxygen atoms in total. The Morgan fingerprint density at radius 1 is 1.08 bits per heavy atom. The van der Waals surface area contributed by atoms with Gasteiger partial charge < -0.3 is 15.0 Å². The Morgan fingerprint density at radius 3 is 2.54 bits per heavy atom. The van der Waals surface area contributed by atoms with Crippen molar-refractivity contribution in [3.63, 3.8) is 0 Å². The zero-order valence-electron chi connectivity index (χ0n) is 14.2. The van der Waals surface area contributed by atoms with Gasteiger partial charge in [-0.25, -0.2) is 4.79 Å². The number of aromatic nitrogens is 1. The third kappa shape index (κ3) is 3.97. The Bertz CT molecular complexity index is 995. The van der Waals surface area contributed by atoms with E-state index in [2.05, 4.69) is 10.3 Å². The standard InChI is InChI=1S/C20H18N2O4/c1-13(14-7-3-2-4-8-14)21-19(24)12-26-20(25)16-11-18(23)22-17-10-6-5-9-15(16)17/h2-11,13H,12H2,1H3,(H,21,24)(H,22,23)/t13-/m1/s1. The van der Waals surface area contributed by atoms with Gasteiger partial charge in [-0.3, -0.25) is 9.59 Å². The van der Waals surface area contributed by atoms with Crippen LogP contribution in [0.15, 0.2) is 65.5 Å². The molecule has 3 rings (SSSR count). The second-order valence-corrected chi connectivity index (χ2v) is 5.87. The van der Waals surface area contributed by atoms with Crippen LogP contribution in [-0.2, 0) is 9.53 Å². The van der Waals surface area contributed by atoms with E-state index in [1.54, 1.807) is 24.3 Å². The largest absolute Gasteiger partial charge is 0.452 e. The fourth-order valence-electron chi connectivity index (χ4n) is 2.69. The quantitative estimate of drug-likeness (QED) is 0.692. The highest BCUT2D eigenvalue weighted by Gasteiger charge is 2.16. The van der Waals surface area contributed by atoms with E-state index in [9.17, 15) is 14.4 Å². The molecule has 1 heterocycles. The molecule has 0 aliphatic carbocycles. The van der Waals surface area contributed by atoms with E-state index in [1.807, 2.05) is 37.3 Å². The molecule has 3 aromatic rings. The summed E-state index contributed by atoms with van der Waals surface area (Å²) in [5, 5.41) is 3.33. The number of hydrogen-bond donors (Lipinski definition) is 2. The summed E-state index contributed by atoms with van der Waals surface area (Å²) in [7, 11) is 0. The molecule has 1 aromatic heterocycles. The molecule has 0 saturated carbocycles. The lowest BCUT2D eigenvalue weighted by Gasteiger charge is -2.14. The van der Waals surface area contributed by atoms with Crippen molar-refractivity contribution in [2.24, 2.45) is 0 Å². The Hall–Kier alpha value is -3.41. The van der Waals surface area contributed by atoms with E-state index in [-0.39, 0.29) is 11.6 Å². The minimum absolute atomic E-state index is 0.133. The fraction of sp³-hybridized carbons (Fsp3) is 0.150. The average molecular weight is 350 g/mol. The zero-order valence-corrected chi connectivity index (χ0v) is 14.2. The molecule has 0 bridgehead atoms. The van der Waals surface area contributed by atoms with Crippen molar-refractivity contribution in [3.8, 4) is 0 Å². The first-order chi connectivity index (χ1) is 12.5. The summed E-state index contributed by atoms with van der Waals surface area (Å²) < 4.78 is 5.09. The van der Waals surface area contributed by atoms with Crippen molar-refractivity contribution in [3.05, 3.63) is 82.1 Å². The van der Waals surface area contributed by atoms with Gasteiger partial charge in [-0.05, 0) is 18.6 Å². The van der Waals surface area contributed by atoms with Crippen molar-refractivity contribution >= 4 is 22.8 Å². The highest BCUT2D eigenvalue weighted by Crippen LogP contribution is 2.15. The topological polar surface area (TPSA) is 88.3 Å². The van der Waals surface area contributed by atoms with Crippen molar-refractivity contribution < 1.29 is 14.3 Å². The molecule has 0 aliphatic rings. The van der Waals surface area contributed by atoms with Gasteiger partial charge in [0.05, 0.1) is 11.6 Å². The molecule has 1 amide bonds. The minimum atomic E-state index is -0.713. The predicted molar refractivity (Wildman–Crippen MR) is 97.9 cm³/mol. The smallest absolute Gasteiger partial charge is 0.339 e. The number of carbonyl (C=O) groups excluding carboxylic acids is 2. The average Bonchev–Trinajstić information content (AvgIpc) is 2.66. The summed E-state index contributed by atoms with van der Waals surface area (Å²) in [6.45, 7) is 1.43. The van der Waals surface area contributed by atoms with Crippen LogP contribution in [0.5, 0.6) is 0 Å². The number of rotatable bonds is 5. The molecule has 1 atom stereocenters. The van der Waals surface area contributed by atoms with Gasteiger partial charge in [-0.2, -0.15) is 0 Å². The Labute approximate surface area is 149 Å². The molecular formula is C20H18N2O4. The number of amides is 1. The predicted octanol–water partition coefficient (Wildman–Crippen LogP) is 2.56. The molecular weight excluding hydrogens is 332 g/mol. The van der Waals surface area contributed by atoms with Crippen LogP contribution < -0.4 is 10.9 Å².